The van der Waals surface area contributed by atoms with Gasteiger partial charge in [-0.2, -0.15) is 0 Å². The summed E-state index contributed by atoms with van der Waals surface area (Å²) in [7, 11) is 0. The maximum absolute atomic E-state index is 10.5. The third-order valence-electron chi connectivity index (χ3n) is 1.68. The third-order valence-corrected chi connectivity index (χ3v) is 1.68. The SMILES string of the molecule is C/C(C(=O)O)=C1/C=CC=CC1. The van der Waals surface area contributed by atoms with Crippen LogP contribution in [0, 0.1) is 0 Å². The molecule has 0 fully saturated rings. The van der Waals surface area contributed by atoms with Crippen LogP contribution in [0.4, 0.5) is 0 Å². The van der Waals surface area contributed by atoms with Gasteiger partial charge in [0.05, 0.1) is 0 Å². The van der Waals surface area contributed by atoms with E-state index in [-0.39, 0.29) is 0 Å². The maximum atomic E-state index is 10.5. The van der Waals surface area contributed by atoms with Crippen molar-refractivity contribution in [2.75, 3.05) is 0 Å². The second-order valence-electron chi connectivity index (χ2n) is 2.45. The molecule has 2 nitrogen and oxygen atoms in total. The zero-order chi connectivity index (χ0) is 8.27. The van der Waals surface area contributed by atoms with Crippen LogP contribution < -0.4 is 0 Å². The first kappa shape index (κ1) is 7.79. The molecule has 0 aromatic heterocycles. The third kappa shape index (κ3) is 1.80. The Morgan fingerprint density at radius 3 is 2.73 bits per heavy atom. The summed E-state index contributed by atoms with van der Waals surface area (Å²) in [4.78, 5) is 10.5. The van der Waals surface area contributed by atoms with Crippen LogP contribution in [0.15, 0.2) is 35.5 Å². The molecule has 1 rings (SSSR count). The highest BCUT2D eigenvalue weighted by molar-refractivity contribution is 5.87. The van der Waals surface area contributed by atoms with Crippen molar-refractivity contribution in [1.82, 2.24) is 0 Å². The van der Waals surface area contributed by atoms with E-state index in [1.165, 1.54) is 0 Å². The molecular formula is C9H10O2. The standard InChI is InChI=1S/C9H10O2/c1-7(9(10)11)8-5-3-2-4-6-8/h2-5H,6H2,1H3,(H,10,11)/b8-7+. The molecule has 0 amide bonds. The van der Waals surface area contributed by atoms with E-state index >= 15 is 0 Å². The van der Waals surface area contributed by atoms with Crippen molar-refractivity contribution in [3.8, 4) is 0 Å². The van der Waals surface area contributed by atoms with Gasteiger partial charge in [-0.15, -0.1) is 0 Å². The lowest BCUT2D eigenvalue weighted by Gasteiger charge is -2.03. The molecule has 0 radical (unpaired) electrons. The minimum absolute atomic E-state index is 0.436. The maximum Gasteiger partial charge on any atom is 0.331 e. The molecule has 11 heavy (non-hydrogen) atoms. The molecule has 0 atom stereocenters. The van der Waals surface area contributed by atoms with Crippen molar-refractivity contribution in [2.45, 2.75) is 13.3 Å². The molecule has 0 aliphatic heterocycles. The Hall–Kier alpha value is -1.31. The largest absolute Gasteiger partial charge is 0.478 e. The van der Waals surface area contributed by atoms with Crippen molar-refractivity contribution in [3.05, 3.63) is 35.5 Å². The van der Waals surface area contributed by atoms with Crippen LogP contribution in [0.1, 0.15) is 13.3 Å². The fraction of sp³-hybridized carbons (Fsp3) is 0.222. The van der Waals surface area contributed by atoms with Gasteiger partial charge in [0.25, 0.3) is 0 Å². The van der Waals surface area contributed by atoms with Crippen LogP contribution in [0.3, 0.4) is 0 Å². The van der Waals surface area contributed by atoms with Crippen molar-refractivity contribution in [3.63, 3.8) is 0 Å². The average Bonchev–Trinajstić information content (AvgIpc) is 2.05. The monoisotopic (exact) mass is 150 g/mol. The minimum atomic E-state index is -0.833. The lowest BCUT2D eigenvalue weighted by Crippen LogP contribution is -2.00. The molecule has 1 N–H and O–H groups in total. The van der Waals surface area contributed by atoms with Gasteiger partial charge in [-0.25, -0.2) is 4.79 Å². The first-order valence-electron chi connectivity index (χ1n) is 3.48. The molecule has 0 saturated heterocycles. The van der Waals surface area contributed by atoms with Gasteiger partial charge in [-0.3, -0.25) is 0 Å². The molecule has 1 aliphatic carbocycles. The Balaban J connectivity index is 2.88. The molecule has 0 unspecified atom stereocenters. The number of carboxylic acid groups (broad SMARTS) is 1. The highest BCUT2D eigenvalue weighted by Crippen LogP contribution is 2.14. The molecule has 0 heterocycles. The number of rotatable bonds is 1. The van der Waals surface area contributed by atoms with Gasteiger partial charge >= 0.3 is 5.97 Å². The van der Waals surface area contributed by atoms with Crippen LogP contribution in [0.5, 0.6) is 0 Å². The van der Waals surface area contributed by atoms with E-state index in [2.05, 4.69) is 0 Å². The number of carboxylic acids is 1. The van der Waals surface area contributed by atoms with E-state index in [0.29, 0.717) is 5.57 Å². The van der Waals surface area contributed by atoms with Gasteiger partial charge in [0.2, 0.25) is 0 Å². The Morgan fingerprint density at radius 1 is 1.55 bits per heavy atom. The van der Waals surface area contributed by atoms with Crippen molar-refractivity contribution in [1.29, 1.82) is 0 Å². The molecule has 0 spiro atoms. The Labute approximate surface area is 65.5 Å². The average molecular weight is 150 g/mol. The van der Waals surface area contributed by atoms with E-state index in [0.717, 1.165) is 12.0 Å². The molecule has 58 valence electrons. The molecule has 2 heteroatoms. The molecular weight excluding hydrogens is 140 g/mol. The van der Waals surface area contributed by atoms with E-state index in [1.54, 1.807) is 6.92 Å². The zero-order valence-electron chi connectivity index (χ0n) is 6.37. The summed E-state index contributed by atoms with van der Waals surface area (Å²) in [5, 5.41) is 8.62. The lowest BCUT2D eigenvalue weighted by atomic mass is 10.0. The number of carbonyl (C=O) groups is 1. The van der Waals surface area contributed by atoms with E-state index in [1.807, 2.05) is 24.3 Å². The summed E-state index contributed by atoms with van der Waals surface area (Å²) in [6.45, 7) is 1.63. The summed E-state index contributed by atoms with van der Waals surface area (Å²) < 4.78 is 0. The topological polar surface area (TPSA) is 37.3 Å². The van der Waals surface area contributed by atoms with Gasteiger partial charge in [-0.1, -0.05) is 24.3 Å². The van der Waals surface area contributed by atoms with Crippen LogP contribution in [0.25, 0.3) is 0 Å². The predicted octanol–water partition coefficient (Wildman–Crippen LogP) is 1.90. The van der Waals surface area contributed by atoms with Crippen molar-refractivity contribution < 1.29 is 9.90 Å². The summed E-state index contributed by atoms with van der Waals surface area (Å²) in [5.41, 5.74) is 1.32. The van der Waals surface area contributed by atoms with E-state index < -0.39 is 5.97 Å². The number of hydrogen-bond donors (Lipinski definition) is 1. The van der Waals surface area contributed by atoms with E-state index in [9.17, 15) is 4.79 Å². The lowest BCUT2D eigenvalue weighted by molar-refractivity contribution is -0.132. The number of aliphatic carboxylic acids is 1. The smallest absolute Gasteiger partial charge is 0.331 e. The van der Waals surface area contributed by atoms with Crippen LogP contribution in [-0.4, -0.2) is 11.1 Å². The van der Waals surface area contributed by atoms with Gasteiger partial charge in [0, 0.05) is 5.57 Å². The molecule has 0 aromatic carbocycles. The second kappa shape index (κ2) is 3.19. The Bertz CT molecular complexity index is 257. The van der Waals surface area contributed by atoms with Crippen LogP contribution in [0.2, 0.25) is 0 Å². The van der Waals surface area contributed by atoms with Crippen LogP contribution >= 0.6 is 0 Å². The van der Waals surface area contributed by atoms with Gasteiger partial charge in [0.15, 0.2) is 0 Å². The summed E-state index contributed by atoms with van der Waals surface area (Å²) in [5.74, 6) is -0.833. The number of hydrogen-bond acceptors (Lipinski definition) is 1. The fourth-order valence-corrected chi connectivity index (χ4v) is 0.929. The first-order chi connectivity index (χ1) is 5.22. The predicted molar refractivity (Wildman–Crippen MR) is 43.2 cm³/mol. The Morgan fingerprint density at radius 2 is 2.27 bits per heavy atom. The van der Waals surface area contributed by atoms with Gasteiger partial charge in [0.1, 0.15) is 0 Å². The molecule has 0 aromatic rings. The number of allylic oxidation sites excluding steroid dienone is 5. The van der Waals surface area contributed by atoms with Gasteiger partial charge < -0.3 is 5.11 Å². The second-order valence-corrected chi connectivity index (χ2v) is 2.45. The van der Waals surface area contributed by atoms with Crippen molar-refractivity contribution in [2.24, 2.45) is 0 Å². The highest BCUT2D eigenvalue weighted by atomic mass is 16.4. The van der Waals surface area contributed by atoms with Crippen LogP contribution in [-0.2, 0) is 4.79 Å². The van der Waals surface area contributed by atoms with Gasteiger partial charge in [-0.05, 0) is 18.9 Å². The van der Waals surface area contributed by atoms with E-state index in [4.69, 9.17) is 5.11 Å². The highest BCUT2D eigenvalue weighted by Gasteiger charge is 2.05. The normalized spacial score (nSPS) is 20.1. The Kier molecular flexibility index (Phi) is 2.26. The summed E-state index contributed by atoms with van der Waals surface area (Å²) in [6.07, 6.45) is 8.28. The zero-order valence-corrected chi connectivity index (χ0v) is 6.37. The fourth-order valence-electron chi connectivity index (χ4n) is 0.929. The minimum Gasteiger partial charge on any atom is -0.478 e. The quantitative estimate of drug-likeness (QED) is 0.579. The summed E-state index contributed by atoms with van der Waals surface area (Å²) in [6, 6.07) is 0. The first-order valence-corrected chi connectivity index (χ1v) is 3.48. The summed E-state index contributed by atoms with van der Waals surface area (Å²) >= 11 is 0. The molecule has 0 bridgehead atoms. The van der Waals surface area contributed by atoms with Crippen molar-refractivity contribution >= 4 is 5.97 Å². The molecule has 0 saturated carbocycles. The molecule has 1 aliphatic rings.